The molecule has 0 N–H and O–H groups in total. The molecule has 0 saturated carbocycles. The van der Waals surface area contributed by atoms with Crippen molar-refractivity contribution in [1.29, 1.82) is 0 Å². The summed E-state index contributed by atoms with van der Waals surface area (Å²) < 4.78 is 19.6. The lowest BCUT2D eigenvalue weighted by Crippen LogP contribution is -2.31. The summed E-state index contributed by atoms with van der Waals surface area (Å²) in [6.45, 7) is -0.619. The van der Waals surface area contributed by atoms with E-state index in [4.69, 9.17) is 16.3 Å². The van der Waals surface area contributed by atoms with Crippen molar-refractivity contribution in [2.24, 2.45) is 7.05 Å². The van der Waals surface area contributed by atoms with Gasteiger partial charge in [-0.15, -0.1) is 0 Å². The third kappa shape index (κ3) is 4.63. The van der Waals surface area contributed by atoms with Crippen LogP contribution in [-0.4, -0.2) is 40.2 Å². The van der Waals surface area contributed by atoms with Crippen molar-refractivity contribution in [1.82, 2.24) is 14.7 Å². The van der Waals surface area contributed by atoms with Crippen LogP contribution < -0.4 is 5.56 Å². The maximum absolute atomic E-state index is 13.7. The highest BCUT2D eigenvalue weighted by molar-refractivity contribution is 6.31. The highest BCUT2D eigenvalue weighted by atomic mass is 35.5. The average molecular weight is 368 g/mol. The molecule has 1 amide bonds. The van der Waals surface area contributed by atoms with Gasteiger partial charge in [0.05, 0.1) is 0 Å². The van der Waals surface area contributed by atoms with Crippen molar-refractivity contribution < 1.29 is 18.7 Å². The SMILES string of the molecule is CN(Cc1c(F)cccc1Cl)C(=O)COC(=O)c1ccc(=O)n(C)n1. The number of halogens is 2. The number of rotatable bonds is 5. The number of benzene rings is 1. The van der Waals surface area contributed by atoms with Crippen molar-refractivity contribution in [3.8, 4) is 0 Å². The largest absolute Gasteiger partial charge is 0.451 e. The number of hydrogen-bond acceptors (Lipinski definition) is 5. The molecule has 0 fully saturated rings. The molecule has 0 atom stereocenters. The van der Waals surface area contributed by atoms with E-state index < -0.39 is 24.3 Å². The number of carbonyl (C=O) groups is 2. The molecule has 0 spiro atoms. The maximum Gasteiger partial charge on any atom is 0.359 e. The Kier molecular flexibility index (Phi) is 5.87. The van der Waals surface area contributed by atoms with Gasteiger partial charge in [0, 0.05) is 37.3 Å². The smallest absolute Gasteiger partial charge is 0.359 e. The van der Waals surface area contributed by atoms with Gasteiger partial charge < -0.3 is 9.64 Å². The van der Waals surface area contributed by atoms with Gasteiger partial charge in [-0.1, -0.05) is 17.7 Å². The van der Waals surface area contributed by atoms with E-state index in [0.717, 1.165) is 10.7 Å². The van der Waals surface area contributed by atoms with E-state index in [1.54, 1.807) is 0 Å². The first-order chi connectivity index (χ1) is 11.8. The van der Waals surface area contributed by atoms with Crippen LogP contribution in [0.5, 0.6) is 0 Å². The van der Waals surface area contributed by atoms with Gasteiger partial charge in [-0.25, -0.2) is 13.9 Å². The van der Waals surface area contributed by atoms with Crippen LogP contribution in [0.3, 0.4) is 0 Å². The highest BCUT2D eigenvalue weighted by Crippen LogP contribution is 2.20. The molecule has 7 nitrogen and oxygen atoms in total. The molecule has 2 rings (SSSR count). The molecule has 0 saturated heterocycles. The first-order valence-corrected chi connectivity index (χ1v) is 7.55. The van der Waals surface area contributed by atoms with Crippen LogP contribution in [0.15, 0.2) is 35.1 Å². The van der Waals surface area contributed by atoms with E-state index in [0.29, 0.717) is 0 Å². The van der Waals surface area contributed by atoms with Crippen molar-refractivity contribution >= 4 is 23.5 Å². The fraction of sp³-hybridized carbons (Fsp3) is 0.250. The van der Waals surface area contributed by atoms with Gasteiger partial charge in [0.1, 0.15) is 5.82 Å². The summed E-state index contributed by atoms with van der Waals surface area (Å²) in [5.74, 6) is -1.92. The third-order valence-corrected chi connectivity index (χ3v) is 3.73. The summed E-state index contributed by atoms with van der Waals surface area (Å²) in [6, 6.07) is 6.59. The Morgan fingerprint density at radius 3 is 2.68 bits per heavy atom. The number of nitrogens with zero attached hydrogens (tertiary/aromatic N) is 3. The molecule has 132 valence electrons. The quantitative estimate of drug-likeness (QED) is 0.746. The third-order valence-electron chi connectivity index (χ3n) is 3.38. The summed E-state index contributed by atoms with van der Waals surface area (Å²) >= 11 is 5.91. The summed E-state index contributed by atoms with van der Waals surface area (Å²) in [5, 5.41) is 3.92. The zero-order valence-corrected chi connectivity index (χ0v) is 14.3. The lowest BCUT2D eigenvalue weighted by Gasteiger charge is -2.18. The molecule has 1 heterocycles. The van der Waals surface area contributed by atoms with Crippen molar-refractivity contribution in [2.75, 3.05) is 13.7 Å². The highest BCUT2D eigenvalue weighted by Gasteiger charge is 2.17. The van der Waals surface area contributed by atoms with Crippen LogP contribution in [0.25, 0.3) is 0 Å². The van der Waals surface area contributed by atoms with Crippen LogP contribution in [-0.2, 0) is 23.1 Å². The molecule has 9 heteroatoms. The van der Waals surface area contributed by atoms with E-state index in [1.165, 1.54) is 43.3 Å². The molecule has 0 unspecified atom stereocenters. The van der Waals surface area contributed by atoms with Gasteiger partial charge in [0.25, 0.3) is 11.5 Å². The number of esters is 1. The second kappa shape index (κ2) is 7.89. The lowest BCUT2D eigenvalue weighted by atomic mass is 10.2. The predicted octanol–water partition coefficient (Wildman–Crippen LogP) is 1.39. The predicted molar refractivity (Wildman–Crippen MR) is 87.6 cm³/mol. The molecular weight excluding hydrogens is 353 g/mol. The standard InChI is InChI=1S/C16H15ClFN3O4/c1-20(8-10-11(17)4-3-5-12(10)18)15(23)9-25-16(24)13-6-7-14(22)21(2)19-13/h3-7H,8-9H2,1-2H3. The second-order valence-electron chi connectivity index (χ2n) is 5.21. The Bertz CT molecular complexity index is 848. The fourth-order valence-electron chi connectivity index (χ4n) is 1.93. The van der Waals surface area contributed by atoms with Crippen LogP contribution in [0.2, 0.25) is 5.02 Å². The number of amides is 1. The van der Waals surface area contributed by atoms with Crippen molar-refractivity contribution in [2.45, 2.75) is 6.54 Å². The van der Waals surface area contributed by atoms with Crippen LogP contribution >= 0.6 is 11.6 Å². The molecule has 0 aliphatic heterocycles. The number of aromatic nitrogens is 2. The minimum atomic E-state index is -0.846. The van der Waals surface area contributed by atoms with Crippen molar-refractivity contribution in [3.63, 3.8) is 0 Å². The van der Waals surface area contributed by atoms with E-state index in [-0.39, 0.29) is 28.4 Å². The molecule has 0 radical (unpaired) electrons. The Morgan fingerprint density at radius 1 is 1.32 bits per heavy atom. The van der Waals surface area contributed by atoms with Gasteiger partial charge in [0.2, 0.25) is 0 Å². The summed E-state index contributed by atoms with van der Waals surface area (Å²) in [6.07, 6.45) is 0. The van der Waals surface area contributed by atoms with E-state index in [2.05, 4.69) is 5.10 Å². The van der Waals surface area contributed by atoms with Gasteiger partial charge in [-0.05, 0) is 18.2 Å². The molecule has 0 aliphatic rings. The first kappa shape index (κ1) is 18.6. The van der Waals surface area contributed by atoms with Crippen LogP contribution in [0, 0.1) is 5.82 Å². The van der Waals surface area contributed by atoms with Gasteiger partial charge in [-0.2, -0.15) is 5.10 Å². The monoisotopic (exact) mass is 367 g/mol. The minimum Gasteiger partial charge on any atom is -0.451 e. The summed E-state index contributed by atoms with van der Waals surface area (Å²) in [4.78, 5) is 36.3. The van der Waals surface area contributed by atoms with E-state index in [9.17, 15) is 18.8 Å². The number of ether oxygens (including phenoxy) is 1. The van der Waals surface area contributed by atoms with Crippen LogP contribution in [0.1, 0.15) is 16.1 Å². The zero-order valence-electron chi connectivity index (χ0n) is 13.5. The average Bonchev–Trinajstić information content (AvgIpc) is 2.58. The van der Waals surface area contributed by atoms with E-state index in [1.807, 2.05) is 0 Å². The number of aryl methyl sites for hydroxylation is 1. The molecule has 1 aromatic heterocycles. The van der Waals surface area contributed by atoms with Crippen molar-refractivity contribution in [3.05, 3.63) is 62.8 Å². The first-order valence-electron chi connectivity index (χ1n) is 7.18. The Hall–Kier alpha value is -2.74. The number of carbonyl (C=O) groups excluding carboxylic acids is 2. The molecule has 2 aromatic rings. The number of likely N-dealkylation sites (N-methyl/N-ethyl adjacent to an activating group) is 1. The summed E-state index contributed by atoms with van der Waals surface area (Å²) in [5.41, 5.74) is -0.310. The molecule has 25 heavy (non-hydrogen) atoms. The summed E-state index contributed by atoms with van der Waals surface area (Å²) in [7, 11) is 2.82. The van der Waals surface area contributed by atoms with E-state index >= 15 is 0 Å². The molecular formula is C16H15ClFN3O4. The second-order valence-corrected chi connectivity index (χ2v) is 5.61. The zero-order chi connectivity index (χ0) is 18.6. The lowest BCUT2D eigenvalue weighted by molar-refractivity contribution is -0.133. The number of hydrogen-bond donors (Lipinski definition) is 0. The Labute approximate surface area is 147 Å². The molecule has 0 bridgehead atoms. The topological polar surface area (TPSA) is 81.5 Å². The Morgan fingerprint density at radius 2 is 2.04 bits per heavy atom. The van der Waals surface area contributed by atoms with Gasteiger partial charge >= 0.3 is 5.97 Å². The fourth-order valence-corrected chi connectivity index (χ4v) is 2.15. The van der Waals surface area contributed by atoms with Crippen LogP contribution in [0.4, 0.5) is 4.39 Å². The minimum absolute atomic E-state index is 0.0695. The van der Waals surface area contributed by atoms with Gasteiger partial charge in [0.15, 0.2) is 12.3 Å². The molecule has 1 aromatic carbocycles. The Balaban J connectivity index is 1.96. The van der Waals surface area contributed by atoms with Gasteiger partial charge in [-0.3, -0.25) is 9.59 Å². The maximum atomic E-state index is 13.7. The normalized spacial score (nSPS) is 10.4. The molecule has 0 aliphatic carbocycles.